The molecule has 2 fully saturated rings. The normalized spacial score (nSPS) is 19.5. The minimum absolute atomic E-state index is 0.0282. The fraction of sp³-hybridized carbons (Fsp3) is 0.400. The third-order valence-corrected chi connectivity index (χ3v) is 5.81. The number of rotatable bonds is 9. The van der Waals surface area contributed by atoms with E-state index < -0.39 is 18.0 Å². The maximum absolute atomic E-state index is 14.8. The number of nitrogens with one attached hydrogen (secondary N) is 1. The maximum atomic E-state index is 14.8. The van der Waals surface area contributed by atoms with E-state index in [-0.39, 0.29) is 43.4 Å². The zero-order valence-corrected chi connectivity index (χ0v) is 19.4. The van der Waals surface area contributed by atoms with E-state index in [1.165, 1.54) is 24.0 Å². The molecule has 9 nitrogen and oxygen atoms in total. The van der Waals surface area contributed by atoms with E-state index in [4.69, 9.17) is 14.2 Å². The summed E-state index contributed by atoms with van der Waals surface area (Å²) >= 11 is 0. The summed E-state index contributed by atoms with van der Waals surface area (Å²) in [6.07, 6.45) is -0.876. The topological polar surface area (TPSA) is 97.4 Å². The first-order chi connectivity index (χ1) is 16.9. The Kier molecular flexibility index (Phi) is 7.81. The molecule has 4 rings (SSSR count). The largest absolute Gasteiger partial charge is 0.485 e. The summed E-state index contributed by atoms with van der Waals surface area (Å²) in [7, 11) is 0. The minimum Gasteiger partial charge on any atom is -0.485 e. The molecule has 2 aliphatic heterocycles. The van der Waals surface area contributed by atoms with Gasteiger partial charge < -0.3 is 24.4 Å². The van der Waals surface area contributed by atoms with Crippen molar-refractivity contribution in [1.29, 1.82) is 0 Å². The molecule has 1 N–H and O–H groups in total. The van der Waals surface area contributed by atoms with Crippen LogP contribution in [0.4, 0.5) is 14.9 Å². The highest BCUT2D eigenvalue weighted by Gasteiger charge is 2.33. The molecule has 3 amide bonds. The molecule has 35 heavy (non-hydrogen) atoms. The predicted octanol–water partition coefficient (Wildman–Crippen LogP) is 2.48. The second-order valence-electron chi connectivity index (χ2n) is 8.51. The first-order valence-corrected chi connectivity index (χ1v) is 11.5. The summed E-state index contributed by atoms with van der Waals surface area (Å²) in [5.74, 6) is -0.921. The molecule has 0 spiro atoms. The highest BCUT2D eigenvalue weighted by Crippen LogP contribution is 2.28. The third kappa shape index (κ3) is 6.48. The van der Waals surface area contributed by atoms with Crippen molar-refractivity contribution in [3.63, 3.8) is 0 Å². The number of likely N-dealkylation sites (tertiary alicyclic amines) is 1. The van der Waals surface area contributed by atoms with Crippen LogP contribution in [-0.4, -0.2) is 67.8 Å². The van der Waals surface area contributed by atoms with Gasteiger partial charge in [-0.25, -0.2) is 9.18 Å². The Balaban J connectivity index is 1.26. The summed E-state index contributed by atoms with van der Waals surface area (Å²) in [6.45, 7) is 2.95. The summed E-state index contributed by atoms with van der Waals surface area (Å²) in [4.78, 5) is 38.6. The maximum Gasteiger partial charge on any atom is 0.414 e. The molecule has 2 atom stereocenters. The molecule has 0 aliphatic carbocycles. The van der Waals surface area contributed by atoms with Gasteiger partial charge in [0.2, 0.25) is 11.8 Å². The van der Waals surface area contributed by atoms with Crippen LogP contribution >= 0.6 is 0 Å². The molecule has 1 unspecified atom stereocenters. The van der Waals surface area contributed by atoms with Crippen molar-refractivity contribution in [3.05, 3.63) is 59.9 Å². The van der Waals surface area contributed by atoms with Crippen molar-refractivity contribution in [2.75, 3.05) is 37.7 Å². The molecule has 2 aromatic rings. The number of halogens is 1. The van der Waals surface area contributed by atoms with Crippen LogP contribution < -0.4 is 15.0 Å². The van der Waals surface area contributed by atoms with E-state index in [2.05, 4.69) is 5.32 Å². The Hall–Kier alpha value is -3.66. The zero-order valence-electron chi connectivity index (χ0n) is 19.4. The Morgan fingerprint density at radius 3 is 2.71 bits per heavy atom. The van der Waals surface area contributed by atoms with Crippen molar-refractivity contribution in [2.24, 2.45) is 0 Å². The SMILES string of the molecule is CC(=O)NC[C@H]1CN(c2ccc(OC3CCN(C(=O)COCc4ccccc4)C3)c(F)c2)C(=O)O1. The van der Waals surface area contributed by atoms with E-state index in [1.54, 1.807) is 11.0 Å². The molecule has 0 saturated carbocycles. The Bertz CT molecular complexity index is 1070. The van der Waals surface area contributed by atoms with Crippen LogP contribution in [0.2, 0.25) is 0 Å². The van der Waals surface area contributed by atoms with Crippen LogP contribution in [0, 0.1) is 5.82 Å². The number of anilines is 1. The van der Waals surface area contributed by atoms with Gasteiger partial charge in [-0.1, -0.05) is 30.3 Å². The quantitative estimate of drug-likeness (QED) is 0.586. The molecule has 0 radical (unpaired) electrons. The second kappa shape index (κ2) is 11.2. The van der Waals surface area contributed by atoms with Crippen molar-refractivity contribution < 1.29 is 33.0 Å². The monoisotopic (exact) mass is 485 g/mol. The van der Waals surface area contributed by atoms with E-state index in [0.717, 1.165) is 5.56 Å². The number of carbonyl (C=O) groups is 3. The lowest BCUT2D eigenvalue weighted by atomic mass is 10.2. The molecule has 186 valence electrons. The van der Waals surface area contributed by atoms with Crippen LogP contribution in [0.15, 0.2) is 48.5 Å². The fourth-order valence-corrected chi connectivity index (χ4v) is 4.00. The number of hydrogen-bond acceptors (Lipinski definition) is 6. The van der Waals surface area contributed by atoms with Crippen LogP contribution in [0.5, 0.6) is 5.75 Å². The molecule has 2 aliphatic rings. The summed E-state index contributed by atoms with van der Waals surface area (Å²) in [5, 5.41) is 2.60. The smallest absolute Gasteiger partial charge is 0.414 e. The number of nitrogens with zero attached hydrogens (tertiary/aromatic N) is 2. The van der Waals surface area contributed by atoms with Gasteiger partial charge in [0.25, 0.3) is 0 Å². The number of carbonyl (C=O) groups excluding carboxylic acids is 3. The van der Waals surface area contributed by atoms with E-state index in [9.17, 15) is 18.8 Å². The molecular formula is C25H28FN3O6. The Labute approximate surface area is 202 Å². The number of benzene rings is 2. The van der Waals surface area contributed by atoms with Crippen molar-refractivity contribution in [3.8, 4) is 5.75 Å². The van der Waals surface area contributed by atoms with Gasteiger partial charge in [-0.3, -0.25) is 14.5 Å². The molecule has 0 aromatic heterocycles. The third-order valence-electron chi connectivity index (χ3n) is 5.81. The lowest BCUT2D eigenvalue weighted by molar-refractivity contribution is -0.135. The first kappa shape index (κ1) is 24.5. The molecule has 2 aromatic carbocycles. The minimum atomic E-state index is -0.614. The van der Waals surface area contributed by atoms with E-state index in [0.29, 0.717) is 31.8 Å². The Morgan fingerprint density at radius 1 is 1.17 bits per heavy atom. The number of amides is 3. The molecular weight excluding hydrogens is 457 g/mol. The summed E-state index contributed by atoms with van der Waals surface area (Å²) in [5.41, 5.74) is 1.33. The average Bonchev–Trinajstić information content (AvgIpc) is 3.46. The summed E-state index contributed by atoms with van der Waals surface area (Å²) < 4.78 is 31.3. The second-order valence-corrected chi connectivity index (χ2v) is 8.51. The van der Waals surface area contributed by atoms with Crippen LogP contribution in [0.3, 0.4) is 0 Å². The molecule has 0 bridgehead atoms. The van der Waals surface area contributed by atoms with Crippen molar-refractivity contribution in [1.82, 2.24) is 10.2 Å². The van der Waals surface area contributed by atoms with Gasteiger partial charge in [0, 0.05) is 26.0 Å². The molecule has 2 heterocycles. The van der Waals surface area contributed by atoms with Crippen LogP contribution in [-0.2, 0) is 25.7 Å². The van der Waals surface area contributed by atoms with Crippen LogP contribution in [0.1, 0.15) is 18.9 Å². The number of cyclic esters (lactones) is 1. The van der Waals surface area contributed by atoms with Gasteiger partial charge in [0.05, 0.1) is 31.9 Å². The van der Waals surface area contributed by atoms with Gasteiger partial charge >= 0.3 is 6.09 Å². The first-order valence-electron chi connectivity index (χ1n) is 11.5. The number of hydrogen-bond donors (Lipinski definition) is 1. The molecule has 10 heteroatoms. The van der Waals surface area contributed by atoms with Crippen molar-refractivity contribution >= 4 is 23.6 Å². The summed E-state index contributed by atoms with van der Waals surface area (Å²) in [6, 6.07) is 13.9. The van der Waals surface area contributed by atoms with Gasteiger partial charge in [0.15, 0.2) is 11.6 Å². The van der Waals surface area contributed by atoms with Gasteiger partial charge in [0.1, 0.15) is 18.8 Å². The average molecular weight is 486 g/mol. The highest BCUT2D eigenvalue weighted by molar-refractivity contribution is 5.90. The van der Waals surface area contributed by atoms with E-state index in [1.807, 2.05) is 30.3 Å². The lowest BCUT2D eigenvalue weighted by Gasteiger charge is -2.18. The van der Waals surface area contributed by atoms with Gasteiger partial charge in [-0.05, 0) is 17.7 Å². The Morgan fingerprint density at radius 2 is 1.97 bits per heavy atom. The standard InChI is InChI=1S/C25H28FN3O6/c1-17(30)27-12-21-14-29(25(32)35-21)19-7-8-23(22(26)11-19)34-20-9-10-28(13-20)24(31)16-33-15-18-5-3-2-4-6-18/h2-8,11,20-21H,9-10,12-16H2,1H3,(H,27,30)/t20?,21-/m0/s1. The van der Waals surface area contributed by atoms with Crippen molar-refractivity contribution in [2.45, 2.75) is 32.2 Å². The van der Waals surface area contributed by atoms with Crippen LogP contribution in [0.25, 0.3) is 0 Å². The predicted molar refractivity (Wildman–Crippen MR) is 124 cm³/mol. The van der Waals surface area contributed by atoms with Gasteiger partial charge in [-0.2, -0.15) is 0 Å². The molecule has 2 saturated heterocycles. The number of ether oxygens (including phenoxy) is 3. The zero-order chi connectivity index (χ0) is 24.8. The van der Waals surface area contributed by atoms with E-state index >= 15 is 0 Å². The lowest BCUT2D eigenvalue weighted by Crippen LogP contribution is -2.33. The van der Waals surface area contributed by atoms with Gasteiger partial charge in [-0.15, -0.1) is 0 Å². The highest BCUT2D eigenvalue weighted by atomic mass is 19.1. The fourth-order valence-electron chi connectivity index (χ4n) is 4.00.